The molecule has 0 fully saturated rings. The molecule has 0 radical (unpaired) electrons. The monoisotopic (exact) mass is 492 g/mol. The Morgan fingerprint density at radius 3 is 2.19 bits per heavy atom. The molecule has 1 aromatic heterocycles. The quantitative estimate of drug-likeness (QED) is 0.241. The Labute approximate surface area is 211 Å². The van der Waals surface area contributed by atoms with Crippen LogP contribution >= 0.6 is 0 Å². The Hall–Kier alpha value is -4.78. The number of fused-ring (bicyclic) bond motifs is 5. The molecule has 0 saturated carbocycles. The van der Waals surface area contributed by atoms with E-state index in [1.54, 1.807) is 0 Å². The molecular formula is C30H21FN2O4. The van der Waals surface area contributed by atoms with E-state index in [0.717, 1.165) is 27.1 Å². The molecule has 0 aliphatic heterocycles. The number of aromatic nitrogens is 2. The minimum Gasteiger partial charge on any atom is -0.478 e. The SMILES string of the molecule is CC1C(=O)C(c2ccc(F)cc2)C(=O)c2c1ccc1c2ccc2ccccc21.O=C(O)c1cncnc1. The van der Waals surface area contributed by atoms with Gasteiger partial charge in [0.2, 0.25) is 0 Å². The lowest BCUT2D eigenvalue weighted by Gasteiger charge is -2.28. The van der Waals surface area contributed by atoms with E-state index in [9.17, 15) is 18.8 Å². The van der Waals surface area contributed by atoms with Gasteiger partial charge < -0.3 is 5.11 Å². The summed E-state index contributed by atoms with van der Waals surface area (Å²) in [5, 5.41) is 12.4. The highest BCUT2D eigenvalue weighted by molar-refractivity contribution is 6.26. The van der Waals surface area contributed by atoms with Gasteiger partial charge in [0.25, 0.3) is 0 Å². The molecule has 2 atom stereocenters. The van der Waals surface area contributed by atoms with E-state index in [4.69, 9.17) is 5.11 Å². The second-order valence-corrected chi connectivity index (χ2v) is 8.82. The van der Waals surface area contributed by atoms with Crippen LogP contribution in [-0.4, -0.2) is 32.6 Å². The Morgan fingerprint density at radius 1 is 0.838 bits per heavy atom. The van der Waals surface area contributed by atoms with E-state index in [-0.39, 0.29) is 22.9 Å². The molecule has 0 amide bonds. The summed E-state index contributed by atoms with van der Waals surface area (Å²) < 4.78 is 13.4. The average molecular weight is 493 g/mol. The molecular weight excluding hydrogens is 471 g/mol. The van der Waals surface area contributed by atoms with Gasteiger partial charge in [-0.05, 0) is 44.8 Å². The zero-order chi connectivity index (χ0) is 26.1. The first-order valence-electron chi connectivity index (χ1n) is 11.6. The molecule has 1 N–H and O–H groups in total. The van der Waals surface area contributed by atoms with Crippen molar-refractivity contribution in [2.45, 2.75) is 18.8 Å². The molecule has 5 aromatic rings. The van der Waals surface area contributed by atoms with Crippen molar-refractivity contribution in [2.24, 2.45) is 0 Å². The van der Waals surface area contributed by atoms with Gasteiger partial charge in [-0.1, -0.05) is 67.6 Å². The molecule has 1 aliphatic rings. The largest absolute Gasteiger partial charge is 0.478 e. The Kier molecular flexibility index (Phi) is 6.27. The van der Waals surface area contributed by atoms with Crippen LogP contribution in [0.5, 0.6) is 0 Å². The number of hydrogen-bond acceptors (Lipinski definition) is 5. The molecule has 0 spiro atoms. The molecule has 2 unspecified atom stereocenters. The van der Waals surface area contributed by atoms with Crippen LogP contribution in [0.2, 0.25) is 0 Å². The van der Waals surface area contributed by atoms with Gasteiger partial charge in [0.15, 0.2) is 11.6 Å². The number of carbonyl (C=O) groups is 3. The maximum Gasteiger partial charge on any atom is 0.338 e. The summed E-state index contributed by atoms with van der Waals surface area (Å²) in [4.78, 5) is 43.7. The number of carboxylic acid groups (broad SMARTS) is 1. The fourth-order valence-corrected chi connectivity index (χ4v) is 4.80. The highest BCUT2D eigenvalue weighted by Crippen LogP contribution is 2.41. The molecule has 1 heterocycles. The zero-order valence-corrected chi connectivity index (χ0v) is 19.8. The molecule has 0 bridgehead atoms. The molecule has 37 heavy (non-hydrogen) atoms. The Bertz CT molecular complexity index is 1670. The highest BCUT2D eigenvalue weighted by Gasteiger charge is 2.40. The minimum atomic E-state index is -1.00. The molecule has 1 aliphatic carbocycles. The predicted molar refractivity (Wildman–Crippen MR) is 137 cm³/mol. The van der Waals surface area contributed by atoms with Gasteiger partial charge in [0, 0.05) is 23.9 Å². The first-order chi connectivity index (χ1) is 17.9. The minimum absolute atomic E-state index is 0.109. The summed E-state index contributed by atoms with van der Waals surface area (Å²) in [7, 11) is 0. The van der Waals surface area contributed by atoms with Crippen molar-refractivity contribution in [3.63, 3.8) is 0 Å². The van der Waals surface area contributed by atoms with E-state index >= 15 is 0 Å². The summed E-state index contributed by atoms with van der Waals surface area (Å²) in [6, 6.07) is 21.6. The lowest BCUT2D eigenvalue weighted by molar-refractivity contribution is -0.120. The number of ketones is 2. The van der Waals surface area contributed by atoms with E-state index in [0.29, 0.717) is 11.1 Å². The van der Waals surface area contributed by atoms with Gasteiger partial charge in [0.05, 0.1) is 5.56 Å². The van der Waals surface area contributed by atoms with Crippen molar-refractivity contribution in [3.05, 3.63) is 120 Å². The van der Waals surface area contributed by atoms with Gasteiger partial charge in [-0.3, -0.25) is 9.59 Å². The van der Waals surface area contributed by atoms with Crippen LogP contribution in [0.15, 0.2) is 91.5 Å². The number of nitrogens with zero attached hydrogens (tertiary/aromatic N) is 2. The Morgan fingerprint density at radius 2 is 1.51 bits per heavy atom. The first-order valence-corrected chi connectivity index (χ1v) is 11.6. The summed E-state index contributed by atoms with van der Waals surface area (Å²) in [6.07, 6.45) is 3.77. The van der Waals surface area contributed by atoms with E-state index < -0.39 is 17.8 Å². The Balaban J connectivity index is 0.000000265. The molecule has 4 aromatic carbocycles. The average Bonchev–Trinajstić information content (AvgIpc) is 2.93. The van der Waals surface area contributed by atoms with Gasteiger partial charge in [-0.25, -0.2) is 19.2 Å². The smallest absolute Gasteiger partial charge is 0.338 e. The standard InChI is InChI=1S/C25H17FO2.C5H4N2O2/c1-14-18-12-13-20-19-5-3-2-4-15(19)8-11-21(20)23(18)25(28)22(24(14)27)16-6-9-17(26)10-7-16;8-5(9)4-1-6-3-7-2-4/h2-14,22H,1H3;1-3H,(H,8,9). The van der Waals surface area contributed by atoms with E-state index in [1.165, 1.54) is 43.0 Å². The van der Waals surface area contributed by atoms with Gasteiger partial charge in [-0.2, -0.15) is 0 Å². The van der Waals surface area contributed by atoms with Crippen molar-refractivity contribution < 1.29 is 23.9 Å². The van der Waals surface area contributed by atoms with Crippen molar-refractivity contribution in [2.75, 3.05) is 0 Å². The fourth-order valence-electron chi connectivity index (χ4n) is 4.80. The maximum atomic E-state index is 13.5. The lowest BCUT2D eigenvalue weighted by Crippen LogP contribution is -2.32. The molecule has 6 nitrogen and oxygen atoms in total. The van der Waals surface area contributed by atoms with Crippen LogP contribution in [0.1, 0.15) is 50.6 Å². The molecule has 7 heteroatoms. The second kappa shape index (κ2) is 9.70. The van der Waals surface area contributed by atoms with E-state index in [1.807, 2.05) is 55.5 Å². The van der Waals surface area contributed by atoms with Gasteiger partial charge in [0.1, 0.15) is 18.1 Å². The molecule has 0 saturated heterocycles. The van der Waals surface area contributed by atoms with Gasteiger partial charge >= 0.3 is 5.97 Å². The number of aromatic carboxylic acids is 1. The van der Waals surface area contributed by atoms with Crippen LogP contribution in [0.25, 0.3) is 21.5 Å². The van der Waals surface area contributed by atoms with Crippen LogP contribution in [0.4, 0.5) is 4.39 Å². The third-order valence-electron chi connectivity index (χ3n) is 6.66. The summed E-state index contributed by atoms with van der Waals surface area (Å²) in [5.41, 5.74) is 2.05. The van der Waals surface area contributed by atoms with Crippen LogP contribution in [0, 0.1) is 5.82 Å². The lowest BCUT2D eigenvalue weighted by atomic mass is 9.71. The summed E-state index contributed by atoms with van der Waals surface area (Å²) in [5.74, 6) is -3.01. The third kappa shape index (κ3) is 4.36. The van der Waals surface area contributed by atoms with Crippen molar-refractivity contribution >= 4 is 39.1 Å². The van der Waals surface area contributed by atoms with E-state index in [2.05, 4.69) is 9.97 Å². The number of carbonyl (C=O) groups excluding carboxylic acids is 2. The van der Waals surface area contributed by atoms with Crippen molar-refractivity contribution in [1.29, 1.82) is 0 Å². The number of carboxylic acids is 1. The van der Waals surface area contributed by atoms with Crippen LogP contribution < -0.4 is 0 Å². The zero-order valence-electron chi connectivity index (χ0n) is 19.8. The predicted octanol–water partition coefficient (Wildman–Crippen LogP) is 5.96. The van der Waals surface area contributed by atoms with Crippen LogP contribution in [-0.2, 0) is 4.79 Å². The second-order valence-electron chi connectivity index (χ2n) is 8.82. The normalized spacial score (nSPS) is 16.7. The van der Waals surface area contributed by atoms with Crippen molar-refractivity contribution in [1.82, 2.24) is 9.97 Å². The molecule has 182 valence electrons. The maximum absolute atomic E-state index is 13.5. The first kappa shape index (κ1) is 23.9. The number of Topliss-reactive ketones (excluding diaryl/α,β-unsaturated/α-hetero) is 2. The summed E-state index contributed by atoms with van der Waals surface area (Å²) >= 11 is 0. The number of benzene rings is 4. The number of hydrogen-bond donors (Lipinski definition) is 1. The number of rotatable bonds is 2. The number of halogens is 1. The molecule has 6 rings (SSSR count). The third-order valence-corrected chi connectivity index (χ3v) is 6.66. The van der Waals surface area contributed by atoms with Gasteiger partial charge in [-0.15, -0.1) is 0 Å². The highest BCUT2D eigenvalue weighted by atomic mass is 19.1. The fraction of sp³-hybridized carbons (Fsp3) is 0.100. The van der Waals surface area contributed by atoms with Crippen LogP contribution in [0.3, 0.4) is 0 Å². The summed E-state index contributed by atoms with van der Waals surface area (Å²) in [6.45, 7) is 1.84. The van der Waals surface area contributed by atoms with Crippen molar-refractivity contribution in [3.8, 4) is 0 Å². The topological polar surface area (TPSA) is 97.2 Å².